The van der Waals surface area contributed by atoms with Crippen LogP contribution in [0.5, 0.6) is 5.75 Å². The first-order valence-electron chi connectivity index (χ1n) is 5.62. The first-order valence-corrected chi connectivity index (χ1v) is 7.23. The summed E-state index contributed by atoms with van der Waals surface area (Å²) >= 11 is 4.82. The minimum atomic E-state index is 0.213. The van der Waals surface area contributed by atoms with Gasteiger partial charge >= 0.3 is 0 Å². The van der Waals surface area contributed by atoms with E-state index in [0.29, 0.717) is 16.5 Å². The fraction of sp³-hybridized carbons (Fsp3) is 0.333. The summed E-state index contributed by atoms with van der Waals surface area (Å²) in [6.07, 6.45) is 0. The smallest absolute Gasteiger partial charge is 0.206 e. The molecule has 0 radical (unpaired) electrons. The van der Waals surface area contributed by atoms with Gasteiger partial charge in [0, 0.05) is 11.0 Å². The Morgan fingerprint density at radius 1 is 1.39 bits per heavy atom. The largest absolute Gasteiger partial charge is 0.507 e. The predicted molar refractivity (Wildman–Crippen MR) is 78.0 cm³/mol. The van der Waals surface area contributed by atoms with Gasteiger partial charge in [0.05, 0.1) is 5.56 Å². The summed E-state index contributed by atoms with van der Waals surface area (Å²) in [5.41, 5.74) is 0.694. The Bertz CT molecular complexity index is 542. The summed E-state index contributed by atoms with van der Waals surface area (Å²) in [4.78, 5) is 0. The van der Waals surface area contributed by atoms with Gasteiger partial charge in [0.25, 0.3) is 0 Å². The maximum atomic E-state index is 9.81. The second kappa shape index (κ2) is 5.67. The molecule has 0 saturated carbocycles. The van der Waals surface area contributed by atoms with Crippen molar-refractivity contribution in [2.75, 3.05) is 11.9 Å². The highest BCUT2D eigenvalue weighted by atomic mass is 79.9. The number of aromatic hydroxyl groups is 1. The third-order valence-corrected chi connectivity index (χ3v) is 3.68. The van der Waals surface area contributed by atoms with Gasteiger partial charge in [-0.05, 0) is 24.1 Å². The molecule has 6 heteroatoms. The van der Waals surface area contributed by atoms with Crippen molar-refractivity contribution in [2.24, 2.45) is 5.92 Å². The molecular formula is C12H14BrN3OS. The molecule has 0 atom stereocenters. The number of nitrogens with one attached hydrogen (secondary N) is 1. The van der Waals surface area contributed by atoms with Gasteiger partial charge in [-0.25, -0.2) is 0 Å². The third kappa shape index (κ3) is 3.20. The second-order valence-corrected chi connectivity index (χ2v) is 6.24. The molecule has 0 amide bonds. The van der Waals surface area contributed by atoms with Crippen molar-refractivity contribution in [1.82, 2.24) is 10.2 Å². The lowest BCUT2D eigenvalue weighted by Gasteiger charge is -2.03. The molecule has 0 saturated heterocycles. The lowest BCUT2D eigenvalue weighted by Crippen LogP contribution is -2.07. The summed E-state index contributed by atoms with van der Waals surface area (Å²) in [6, 6.07) is 5.27. The highest BCUT2D eigenvalue weighted by Gasteiger charge is 2.11. The molecule has 2 aromatic rings. The van der Waals surface area contributed by atoms with E-state index in [2.05, 4.69) is 45.3 Å². The molecule has 0 aliphatic carbocycles. The summed E-state index contributed by atoms with van der Waals surface area (Å²) in [5.74, 6) is 0.765. The molecule has 0 aliphatic heterocycles. The number of aromatic nitrogens is 2. The second-order valence-electron chi connectivity index (χ2n) is 4.35. The van der Waals surface area contributed by atoms with Crippen LogP contribution < -0.4 is 5.32 Å². The van der Waals surface area contributed by atoms with Crippen LogP contribution in [0.25, 0.3) is 10.6 Å². The first kappa shape index (κ1) is 13.3. The molecule has 0 bridgehead atoms. The molecule has 0 unspecified atom stereocenters. The Labute approximate surface area is 118 Å². The number of rotatable bonds is 4. The zero-order valence-electron chi connectivity index (χ0n) is 10.1. The lowest BCUT2D eigenvalue weighted by atomic mass is 10.2. The molecule has 1 heterocycles. The Morgan fingerprint density at radius 3 is 2.89 bits per heavy atom. The van der Waals surface area contributed by atoms with Crippen molar-refractivity contribution in [3.63, 3.8) is 0 Å². The van der Waals surface area contributed by atoms with E-state index < -0.39 is 0 Å². The van der Waals surface area contributed by atoms with Crippen LogP contribution in [0.3, 0.4) is 0 Å². The Hall–Kier alpha value is -1.14. The number of halogens is 1. The lowest BCUT2D eigenvalue weighted by molar-refractivity contribution is 0.477. The molecule has 2 rings (SSSR count). The van der Waals surface area contributed by atoms with Gasteiger partial charge in [-0.15, -0.1) is 10.2 Å². The Kier molecular flexibility index (Phi) is 4.19. The van der Waals surface area contributed by atoms with E-state index in [0.717, 1.165) is 16.1 Å². The average Bonchev–Trinajstić information content (AvgIpc) is 2.78. The Morgan fingerprint density at radius 2 is 2.17 bits per heavy atom. The van der Waals surface area contributed by atoms with Gasteiger partial charge in [0.1, 0.15) is 5.75 Å². The van der Waals surface area contributed by atoms with Gasteiger partial charge in [-0.1, -0.05) is 41.1 Å². The van der Waals surface area contributed by atoms with Crippen LogP contribution in [-0.4, -0.2) is 21.8 Å². The van der Waals surface area contributed by atoms with E-state index in [9.17, 15) is 5.11 Å². The van der Waals surface area contributed by atoms with Crippen LogP contribution in [0, 0.1) is 5.92 Å². The van der Waals surface area contributed by atoms with E-state index >= 15 is 0 Å². The zero-order chi connectivity index (χ0) is 13.1. The summed E-state index contributed by atoms with van der Waals surface area (Å²) < 4.78 is 0.905. The minimum Gasteiger partial charge on any atom is -0.507 e. The van der Waals surface area contributed by atoms with Crippen LogP contribution >= 0.6 is 27.3 Å². The third-order valence-electron chi connectivity index (χ3n) is 2.28. The molecule has 4 nitrogen and oxygen atoms in total. The molecule has 1 aromatic heterocycles. The van der Waals surface area contributed by atoms with Gasteiger partial charge in [0.15, 0.2) is 5.01 Å². The van der Waals surface area contributed by atoms with Crippen molar-refractivity contribution in [3.05, 3.63) is 22.7 Å². The molecule has 2 N–H and O–H groups in total. The van der Waals surface area contributed by atoms with Crippen molar-refractivity contribution in [1.29, 1.82) is 0 Å². The fourth-order valence-corrected chi connectivity index (χ4v) is 2.51. The van der Waals surface area contributed by atoms with E-state index in [-0.39, 0.29) is 5.75 Å². The number of hydrogen-bond donors (Lipinski definition) is 2. The van der Waals surface area contributed by atoms with Crippen LogP contribution in [0.2, 0.25) is 0 Å². The summed E-state index contributed by atoms with van der Waals surface area (Å²) in [5, 5.41) is 22.7. The first-order chi connectivity index (χ1) is 8.56. The average molecular weight is 328 g/mol. The zero-order valence-corrected chi connectivity index (χ0v) is 12.5. The maximum absolute atomic E-state index is 9.81. The summed E-state index contributed by atoms with van der Waals surface area (Å²) in [6.45, 7) is 5.13. The molecule has 96 valence electrons. The van der Waals surface area contributed by atoms with Gasteiger partial charge < -0.3 is 10.4 Å². The van der Waals surface area contributed by atoms with E-state index in [1.807, 2.05) is 6.07 Å². The maximum Gasteiger partial charge on any atom is 0.206 e. The molecule has 0 fully saturated rings. The fourth-order valence-electron chi connectivity index (χ4n) is 1.37. The number of phenolic OH excluding ortho intramolecular Hbond substituents is 1. The van der Waals surface area contributed by atoms with E-state index in [1.54, 1.807) is 12.1 Å². The van der Waals surface area contributed by atoms with Crippen LogP contribution in [0.4, 0.5) is 5.13 Å². The monoisotopic (exact) mass is 327 g/mol. The van der Waals surface area contributed by atoms with Crippen LogP contribution in [0.15, 0.2) is 22.7 Å². The SMILES string of the molecule is CC(C)CNc1nnc(-c2cc(Br)ccc2O)s1. The van der Waals surface area contributed by atoms with Gasteiger partial charge in [0.2, 0.25) is 5.13 Å². The predicted octanol–water partition coefficient (Wildman–Crippen LogP) is 3.74. The van der Waals surface area contributed by atoms with Gasteiger partial charge in [-0.3, -0.25) is 0 Å². The van der Waals surface area contributed by atoms with Crippen LogP contribution in [0.1, 0.15) is 13.8 Å². The molecule has 0 spiro atoms. The summed E-state index contributed by atoms with van der Waals surface area (Å²) in [7, 11) is 0. The number of phenols is 1. The topological polar surface area (TPSA) is 58.0 Å². The molecule has 1 aromatic carbocycles. The normalized spacial score (nSPS) is 10.9. The number of nitrogens with zero attached hydrogens (tertiary/aromatic N) is 2. The van der Waals surface area contributed by atoms with Gasteiger partial charge in [-0.2, -0.15) is 0 Å². The number of hydrogen-bond acceptors (Lipinski definition) is 5. The highest BCUT2D eigenvalue weighted by Crippen LogP contribution is 2.34. The molecule has 0 aliphatic rings. The highest BCUT2D eigenvalue weighted by molar-refractivity contribution is 9.10. The minimum absolute atomic E-state index is 0.213. The van der Waals surface area contributed by atoms with Crippen molar-refractivity contribution < 1.29 is 5.11 Å². The van der Waals surface area contributed by atoms with E-state index in [1.165, 1.54) is 11.3 Å². The molecular weight excluding hydrogens is 314 g/mol. The quantitative estimate of drug-likeness (QED) is 0.898. The Balaban J connectivity index is 2.21. The standard InChI is InChI=1S/C12H14BrN3OS/c1-7(2)6-14-12-16-15-11(18-12)9-5-8(13)3-4-10(9)17/h3-5,7,17H,6H2,1-2H3,(H,14,16). The van der Waals surface area contributed by atoms with Crippen molar-refractivity contribution >= 4 is 32.4 Å². The van der Waals surface area contributed by atoms with Crippen molar-refractivity contribution in [3.8, 4) is 16.3 Å². The van der Waals surface area contributed by atoms with E-state index in [4.69, 9.17) is 0 Å². The van der Waals surface area contributed by atoms with Crippen LogP contribution in [-0.2, 0) is 0 Å². The number of anilines is 1. The van der Waals surface area contributed by atoms with Crippen molar-refractivity contribution in [2.45, 2.75) is 13.8 Å². The number of benzene rings is 1. The molecule has 18 heavy (non-hydrogen) atoms.